The van der Waals surface area contributed by atoms with Crippen molar-refractivity contribution in [1.29, 1.82) is 0 Å². The van der Waals surface area contributed by atoms with Gasteiger partial charge in [0.1, 0.15) is 11.6 Å². The molecule has 0 spiro atoms. The molecule has 20 heavy (non-hydrogen) atoms. The Bertz CT molecular complexity index is 495. The molecule has 0 aromatic heterocycles. The van der Waals surface area contributed by atoms with Crippen molar-refractivity contribution in [3.63, 3.8) is 0 Å². The van der Waals surface area contributed by atoms with Crippen LogP contribution in [-0.2, 0) is 4.79 Å². The number of nitrogens with one attached hydrogen (secondary N) is 1. The first-order chi connectivity index (χ1) is 9.65. The van der Waals surface area contributed by atoms with Gasteiger partial charge in [0.05, 0.1) is 6.61 Å². The van der Waals surface area contributed by atoms with Crippen LogP contribution in [0.5, 0.6) is 5.75 Å². The molecule has 1 aliphatic rings. The zero-order valence-electron chi connectivity index (χ0n) is 11.7. The third-order valence-corrected chi connectivity index (χ3v) is 3.13. The zero-order valence-corrected chi connectivity index (χ0v) is 11.7. The Morgan fingerprint density at radius 1 is 1.50 bits per heavy atom. The summed E-state index contributed by atoms with van der Waals surface area (Å²) in [7, 11) is 0. The molecule has 0 atom stereocenters. The summed E-state index contributed by atoms with van der Waals surface area (Å²) < 4.78 is 19.0. The molecule has 0 heterocycles. The van der Waals surface area contributed by atoms with Crippen molar-refractivity contribution in [2.75, 3.05) is 13.2 Å². The van der Waals surface area contributed by atoms with Crippen molar-refractivity contribution in [3.8, 4) is 5.75 Å². The van der Waals surface area contributed by atoms with E-state index in [-0.39, 0.29) is 11.7 Å². The van der Waals surface area contributed by atoms with Crippen LogP contribution in [0, 0.1) is 11.7 Å². The Hall–Kier alpha value is -1.84. The fraction of sp³-hybridized carbons (Fsp3) is 0.438. The van der Waals surface area contributed by atoms with Gasteiger partial charge in [-0.05, 0) is 43.4 Å². The molecule has 1 aromatic carbocycles. The summed E-state index contributed by atoms with van der Waals surface area (Å²) >= 11 is 0. The molecule has 0 aliphatic heterocycles. The number of carbonyl (C=O) groups is 1. The molecule has 1 saturated carbocycles. The summed E-state index contributed by atoms with van der Waals surface area (Å²) in [6.07, 6.45) is 6.91. The Kier molecular flexibility index (Phi) is 5.16. The van der Waals surface area contributed by atoms with Crippen LogP contribution >= 0.6 is 0 Å². The third kappa shape index (κ3) is 5.03. The first-order valence-electron chi connectivity index (χ1n) is 6.98. The molecule has 1 aromatic rings. The van der Waals surface area contributed by atoms with Gasteiger partial charge in [-0.15, -0.1) is 0 Å². The lowest BCUT2D eigenvalue weighted by molar-refractivity contribution is -0.118. The van der Waals surface area contributed by atoms with Gasteiger partial charge in [-0.1, -0.05) is 12.2 Å². The Morgan fingerprint density at radius 2 is 2.30 bits per heavy atom. The van der Waals surface area contributed by atoms with Crippen LogP contribution in [0.3, 0.4) is 0 Å². The zero-order chi connectivity index (χ0) is 14.4. The first-order valence-corrected chi connectivity index (χ1v) is 6.98. The van der Waals surface area contributed by atoms with E-state index in [4.69, 9.17) is 4.74 Å². The topological polar surface area (TPSA) is 38.3 Å². The third-order valence-electron chi connectivity index (χ3n) is 3.13. The summed E-state index contributed by atoms with van der Waals surface area (Å²) in [5.41, 5.74) is 0.744. The molecule has 1 fully saturated rings. The molecule has 1 aliphatic carbocycles. The molecule has 108 valence electrons. The van der Waals surface area contributed by atoms with Crippen LogP contribution in [0.25, 0.3) is 6.08 Å². The van der Waals surface area contributed by atoms with Crippen molar-refractivity contribution >= 4 is 12.0 Å². The second-order valence-electron chi connectivity index (χ2n) is 5.11. The Morgan fingerprint density at radius 3 is 3.00 bits per heavy atom. The molecule has 1 N–H and O–H groups in total. The number of hydrogen-bond acceptors (Lipinski definition) is 2. The minimum Gasteiger partial charge on any atom is -0.493 e. The van der Waals surface area contributed by atoms with Crippen LogP contribution in [0.15, 0.2) is 24.3 Å². The predicted octanol–water partition coefficient (Wildman–Crippen LogP) is 3.15. The van der Waals surface area contributed by atoms with Crippen molar-refractivity contribution in [3.05, 3.63) is 35.7 Å². The van der Waals surface area contributed by atoms with Gasteiger partial charge in [0.2, 0.25) is 5.91 Å². The van der Waals surface area contributed by atoms with Gasteiger partial charge in [0, 0.05) is 19.0 Å². The molecule has 1 amide bonds. The molecule has 0 unspecified atom stereocenters. The Balaban J connectivity index is 1.91. The summed E-state index contributed by atoms with van der Waals surface area (Å²) in [5.74, 6) is 1.06. The predicted molar refractivity (Wildman–Crippen MR) is 77.0 cm³/mol. The van der Waals surface area contributed by atoms with Crippen LogP contribution in [0.4, 0.5) is 4.39 Å². The van der Waals surface area contributed by atoms with Crippen LogP contribution in [0.2, 0.25) is 0 Å². The van der Waals surface area contributed by atoms with Gasteiger partial charge in [0.25, 0.3) is 0 Å². The summed E-state index contributed by atoms with van der Waals surface area (Å²) in [6, 6.07) is 4.55. The van der Waals surface area contributed by atoms with E-state index in [1.165, 1.54) is 31.9 Å². The highest BCUT2D eigenvalue weighted by Crippen LogP contribution is 2.30. The van der Waals surface area contributed by atoms with Gasteiger partial charge in [-0.2, -0.15) is 0 Å². The summed E-state index contributed by atoms with van der Waals surface area (Å²) in [4.78, 5) is 10.7. The highest BCUT2D eigenvalue weighted by molar-refractivity contribution is 5.72. The Labute approximate surface area is 118 Å². The lowest BCUT2D eigenvalue weighted by Crippen LogP contribution is -2.20. The SMILES string of the molecule is CC(=O)NCCC=Cc1cc(F)ccc1OCC1CC1. The average molecular weight is 277 g/mol. The van der Waals surface area contributed by atoms with Crippen molar-refractivity contribution in [2.24, 2.45) is 5.92 Å². The number of rotatable bonds is 7. The monoisotopic (exact) mass is 277 g/mol. The molecular formula is C16H20FNO2. The number of benzene rings is 1. The summed E-state index contributed by atoms with van der Waals surface area (Å²) in [6.45, 7) is 2.78. The van der Waals surface area contributed by atoms with E-state index in [2.05, 4.69) is 5.32 Å². The maximum absolute atomic E-state index is 13.3. The van der Waals surface area contributed by atoms with E-state index in [0.29, 0.717) is 31.2 Å². The van der Waals surface area contributed by atoms with Crippen molar-refractivity contribution in [1.82, 2.24) is 5.32 Å². The number of carbonyl (C=O) groups excluding carboxylic acids is 1. The van der Waals surface area contributed by atoms with Crippen molar-refractivity contribution < 1.29 is 13.9 Å². The normalized spacial score (nSPS) is 14.5. The van der Waals surface area contributed by atoms with E-state index >= 15 is 0 Å². The van der Waals surface area contributed by atoms with Crippen molar-refractivity contribution in [2.45, 2.75) is 26.2 Å². The maximum atomic E-state index is 13.3. The van der Waals surface area contributed by atoms with Crippen LogP contribution in [-0.4, -0.2) is 19.1 Å². The average Bonchev–Trinajstić information content (AvgIpc) is 3.21. The quantitative estimate of drug-likeness (QED) is 0.777. The standard InChI is InChI=1S/C16H20FNO2/c1-12(19)18-9-3-2-4-14-10-15(17)7-8-16(14)20-11-13-5-6-13/h2,4,7-8,10,13H,3,5-6,9,11H2,1H3,(H,18,19). The van der Waals surface area contributed by atoms with Gasteiger partial charge in [-0.3, -0.25) is 4.79 Å². The van der Waals surface area contributed by atoms with E-state index < -0.39 is 0 Å². The molecular weight excluding hydrogens is 257 g/mol. The second-order valence-corrected chi connectivity index (χ2v) is 5.11. The number of hydrogen-bond donors (Lipinski definition) is 1. The second kappa shape index (κ2) is 7.08. The maximum Gasteiger partial charge on any atom is 0.216 e. The molecule has 0 bridgehead atoms. The molecule has 3 nitrogen and oxygen atoms in total. The molecule has 0 saturated heterocycles. The van der Waals surface area contributed by atoms with E-state index in [1.54, 1.807) is 6.07 Å². The number of halogens is 1. The lowest BCUT2D eigenvalue weighted by Gasteiger charge is -2.08. The molecule has 0 radical (unpaired) electrons. The molecule has 4 heteroatoms. The number of amides is 1. The fourth-order valence-corrected chi connectivity index (χ4v) is 1.81. The summed E-state index contributed by atoms with van der Waals surface area (Å²) in [5, 5.41) is 2.71. The minimum atomic E-state index is -0.273. The van der Waals surface area contributed by atoms with E-state index in [1.807, 2.05) is 12.2 Å². The largest absolute Gasteiger partial charge is 0.493 e. The lowest BCUT2D eigenvalue weighted by atomic mass is 10.1. The van der Waals surface area contributed by atoms with E-state index in [9.17, 15) is 9.18 Å². The van der Waals surface area contributed by atoms with Gasteiger partial charge in [-0.25, -0.2) is 4.39 Å². The first kappa shape index (κ1) is 14.6. The van der Waals surface area contributed by atoms with E-state index in [0.717, 1.165) is 5.56 Å². The van der Waals surface area contributed by atoms with Gasteiger partial charge in [0.15, 0.2) is 0 Å². The van der Waals surface area contributed by atoms with Crippen LogP contribution < -0.4 is 10.1 Å². The smallest absolute Gasteiger partial charge is 0.216 e. The number of ether oxygens (including phenoxy) is 1. The van der Waals surface area contributed by atoms with Gasteiger partial charge >= 0.3 is 0 Å². The fourth-order valence-electron chi connectivity index (χ4n) is 1.81. The minimum absolute atomic E-state index is 0.0439. The highest BCUT2D eigenvalue weighted by atomic mass is 19.1. The van der Waals surface area contributed by atoms with Crippen LogP contribution in [0.1, 0.15) is 31.7 Å². The highest BCUT2D eigenvalue weighted by Gasteiger charge is 2.22. The van der Waals surface area contributed by atoms with Gasteiger partial charge < -0.3 is 10.1 Å². The molecule has 2 rings (SSSR count).